The number of amides is 2. The molecule has 37 heavy (non-hydrogen) atoms. The second-order valence-corrected chi connectivity index (χ2v) is 10.6. The number of halogens is 1. The first-order valence-corrected chi connectivity index (χ1v) is 13.4. The molecule has 9 heteroatoms. The third kappa shape index (κ3) is 3.92. The van der Waals surface area contributed by atoms with Crippen LogP contribution in [0.2, 0.25) is 5.02 Å². The maximum atomic E-state index is 14.4. The summed E-state index contributed by atoms with van der Waals surface area (Å²) < 4.78 is 12.4. The van der Waals surface area contributed by atoms with Crippen LogP contribution in [0.15, 0.2) is 42.5 Å². The van der Waals surface area contributed by atoms with Crippen LogP contribution in [0.1, 0.15) is 38.2 Å². The number of esters is 1. The molecule has 0 aromatic heterocycles. The number of cyclic esters (lactones) is 1. The van der Waals surface area contributed by atoms with E-state index in [1.54, 1.807) is 15.9 Å². The van der Waals surface area contributed by atoms with Crippen LogP contribution >= 0.6 is 11.6 Å². The highest BCUT2D eigenvalue weighted by Crippen LogP contribution is 2.58. The van der Waals surface area contributed by atoms with Crippen molar-refractivity contribution in [3.8, 4) is 0 Å². The molecule has 5 atom stereocenters. The number of aliphatic hydroxyl groups excluding tert-OH is 1. The number of aliphatic hydroxyl groups is 1. The number of para-hydroxylation sites is 1. The van der Waals surface area contributed by atoms with E-state index in [9.17, 15) is 19.5 Å². The van der Waals surface area contributed by atoms with Gasteiger partial charge in [0.05, 0.1) is 23.2 Å². The lowest BCUT2D eigenvalue weighted by Gasteiger charge is -2.39. The van der Waals surface area contributed by atoms with E-state index in [-0.39, 0.29) is 38.1 Å². The number of hydrogen-bond acceptors (Lipinski definition) is 6. The van der Waals surface area contributed by atoms with Crippen LogP contribution in [0.3, 0.4) is 0 Å². The average Bonchev–Trinajstić information content (AvgIpc) is 3.21. The number of aryl methyl sites for hydroxylation is 1. The lowest BCUT2D eigenvalue weighted by atomic mass is 9.73. The summed E-state index contributed by atoms with van der Waals surface area (Å²) >= 11 is 6.57. The van der Waals surface area contributed by atoms with Gasteiger partial charge in [0.25, 0.3) is 5.91 Å². The quantitative estimate of drug-likeness (QED) is 0.346. The van der Waals surface area contributed by atoms with Crippen LogP contribution in [-0.4, -0.2) is 71.3 Å². The number of carbonyl (C=O) groups excluding carboxylic acids is 3. The van der Waals surface area contributed by atoms with Crippen LogP contribution in [0.25, 0.3) is 0 Å². The topological polar surface area (TPSA) is 96.4 Å². The van der Waals surface area contributed by atoms with Crippen molar-refractivity contribution in [1.29, 1.82) is 0 Å². The van der Waals surface area contributed by atoms with E-state index in [0.717, 1.165) is 5.56 Å². The zero-order valence-corrected chi connectivity index (χ0v) is 21.9. The number of anilines is 1. The monoisotopic (exact) mass is 528 g/mol. The Morgan fingerprint density at radius 2 is 1.92 bits per heavy atom. The highest BCUT2D eigenvalue weighted by molar-refractivity contribution is 6.34. The number of fused-ring (bicyclic) bond motifs is 2. The second-order valence-electron chi connectivity index (χ2n) is 10.2. The Balaban J connectivity index is 1.66. The zero-order valence-electron chi connectivity index (χ0n) is 21.2. The van der Waals surface area contributed by atoms with E-state index >= 15 is 0 Å². The molecular formula is C28H33ClN2O6. The van der Waals surface area contributed by atoms with Gasteiger partial charge in [-0.1, -0.05) is 55.0 Å². The van der Waals surface area contributed by atoms with Gasteiger partial charge in [0.1, 0.15) is 23.2 Å². The predicted octanol–water partition coefficient (Wildman–Crippen LogP) is 3.19. The summed E-state index contributed by atoms with van der Waals surface area (Å²) in [5.41, 5.74) is -0.974. The van der Waals surface area contributed by atoms with Crippen molar-refractivity contribution in [2.45, 2.75) is 56.8 Å². The smallest absolute Gasteiger partial charge is 0.313 e. The number of benzene rings is 1. The largest absolute Gasteiger partial charge is 0.465 e. The van der Waals surface area contributed by atoms with Gasteiger partial charge in [-0.3, -0.25) is 14.4 Å². The molecule has 8 nitrogen and oxygen atoms in total. The van der Waals surface area contributed by atoms with Crippen molar-refractivity contribution in [3.05, 3.63) is 53.1 Å². The fraction of sp³-hybridized carbons (Fsp3) is 0.536. The molecule has 2 amide bonds. The molecular weight excluding hydrogens is 496 g/mol. The van der Waals surface area contributed by atoms with Gasteiger partial charge in [0, 0.05) is 19.7 Å². The molecule has 198 valence electrons. The molecule has 2 fully saturated rings. The standard InChI is InChI=1S/C28H33ClN2O6/c1-3-27-12-4-7-17-36-26(35)21(27)20-24(33)31(14-5-6-16-32)23-25(34)30(15-9-13-28(20,23)37-27)22-18(2)10-8-11-19(22)29/h4,8-13,20-21,23,32H,3,5-7,14-17H2,1-2H3/t20-,21-,23?,27+,28-/m0/s1. The van der Waals surface area contributed by atoms with Gasteiger partial charge >= 0.3 is 5.97 Å². The minimum Gasteiger partial charge on any atom is -0.465 e. The molecule has 0 bridgehead atoms. The van der Waals surface area contributed by atoms with E-state index < -0.39 is 35.0 Å². The van der Waals surface area contributed by atoms with E-state index in [2.05, 4.69) is 0 Å². The Bertz CT molecular complexity index is 1150. The van der Waals surface area contributed by atoms with Crippen molar-refractivity contribution < 1.29 is 29.0 Å². The Morgan fingerprint density at radius 3 is 2.65 bits per heavy atom. The molecule has 1 spiro atoms. The highest BCUT2D eigenvalue weighted by Gasteiger charge is 2.75. The number of ether oxygens (including phenoxy) is 2. The molecule has 4 heterocycles. The van der Waals surface area contributed by atoms with Gasteiger partial charge in [-0.2, -0.15) is 0 Å². The van der Waals surface area contributed by atoms with Crippen molar-refractivity contribution >= 4 is 35.1 Å². The first-order valence-electron chi connectivity index (χ1n) is 13.0. The van der Waals surface area contributed by atoms with Crippen molar-refractivity contribution in [3.63, 3.8) is 0 Å². The van der Waals surface area contributed by atoms with E-state index in [4.69, 9.17) is 21.1 Å². The lowest BCUT2D eigenvalue weighted by Crippen LogP contribution is -2.56. The van der Waals surface area contributed by atoms with Gasteiger partial charge in [-0.05, 0) is 44.2 Å². The molecule has 5 rings (SSSR count). The van der Waals surface area contributed by atoms with Crippen LogP contribution in [0.4, 0.5) is 5.69 Å². The lowest BCUT2D eigenvalue weighted by molar-refractivity contribution is -0.160. The maximum Gasteiger partial charge on any atom is 0.313 e. The first kappa shape index (κ1) is 25.9. The summed E-state index contributed by atoms with van der Waals surface area (Å²) in [4.78, 5) is 45.2. The minimum atomic E-state index is -1.34. The Hall–Kier alpha value is -2.68. The van der Waals surface area contributed by atoms with Crippen LogP contribution in [0, 0.1) is 18.8 Å². The second kappa shape index (κ2) is 9.89. The Labute approximate surface area is 221 Å². The molecule has 1 unspecified atom stereocenters. The van der Waals surface area contributed by atoms with Crippen molar-refractivity contribution in [2.24, 2.45) is 11.8 Å². The summed E-state index contributed by atoms with van der Waals surface area (Å²) in [6.07, 6.45) is 9.49. The molecule has 1 aromatic carbocycles. The molecule has 2 saturated heterocycles. The SMILES string of the molecule is CC[C@@]12C=CCCOC(=O)[C@@H]1[C@H]1C(=O)N(CCCCO)C3C(=O)N(c4c(C)cccc4Cl)CC=C[C@@]31O2. The van der Waals surface area contributed by atoms with Gasteiger partial charge in [0.15, 0.2) is 0 Å². The third-order valence-corrected chi connectivity index (χ3v) is 8.47. The van der Waals surface area contributed by atoms with E-state index in [0.29, 0.717) is 36.4 Å². The van der Waals surface area contributed by atoms with E-state index in [1.807, 2.05) is 50.3 Å². The van der Waals surface area contributed by atoms with Crippen molar-refractivity contribution in [2.75, 3.05) is 31.2 Å². The Kier molecular flexibility index (Phi) is 6.94. The van der Waals surface area contributed by atoms with Gasteiger partial charge < -0.3 is 24.4 Å². The van der Waals surface area contributed by atoms with Gasteiger partial charge in [0.2, 0.25) is 5.91 Å². The van der Waals surface area contributed by atoms with E-state index in [1.165, 1.54) is 0 Å². The molecule has 0 radical (unpaired) electrons. The number of likely N-dealkylation sites (tertiary alicyclic amines) is 1. The predicted molar refractivity (Wildman–Crippen MR) is 138 cm³/mol. The molecule has 0 aliphatic carbocycles. The van der Waals surface area contributed by atoms with Gasteiger partial charge in [-0.15, -0.1) is 0 Å². The molecule has 0 saturated carbocycles. The molecule has 4 aliphatic heterocycles. The van der Waals surface area contributed by atoms with Crippen LogP contribution in [-0.2, 0) is 23.9 Å². The fourth-order valence-electron chi connectivity index (χ4n) is 6.53. The number of unbranched alkanes of at least 4 members (excludes halogenated alkanes) is 1. The highest BCUT2D eigenvalue weighted by atomic mass is 35.5. The molecule has 1 aromatic rings. The minimum absolute atomic E-state index is 0.0186. The van der Waals surface area contributed by atoms with Crippen LogP contribution < -0.4 is 4.90 Å². The maximum absolute atomic E-state index is 14.4. The summed E-state index contributed by atoms with van der Waals surface area (Å²) in [6, 6.07) is 4.47. The van der Waals surface area contributed by atoms with Crippen LogP contribution in [0.5, 0.6) is 0 Å². The first-order chi connectivity index (χ1) is 17.8. The van der Waals surface area contributed by atoms with Gasteiger partial charge in [-0.25, -0.2) is 0 Å². The fourth-order valence-corrected chi connectivity index (χ4v) is 6.85. The third-order valence-electron chi connectivity index (χ3n) is 8.17. The normalized spacial score (nSPS) is 33.0. The van der Waals surface area contributed by atoms with Crippen molar-refractivity contribution in [1.82, 2.24) is 4.90 Å². The summed E-state index contributed by atoms with van der Waals surface area (Å²) in [6.45, 7) is 4.54. The summed E-state index contributed by atoms with van der Waals surface area (Å²) in [7, 11) is 0. The average molecular weight is 529 g/mol. The number of hydrogen-bond donors (Lipinski definition) is 1. The Morgan fingerprint density at radius 1 is 1.11 bits per heavy atom. The zero-order chi connectivity index (χ0) is 26.4. The molecule has 1 N–H and O–H groups in total. The summed E-state index contributed by atoms with van der Waals surface area (Å²) in [5, 5.41) is 9.80. The summed E-state index contributed by atoms with van der Waals surface area (Å²) in [5.74, 6) is -2.86. The molecule has 4 aliphatic rings. The number of nitrogens with zero attached hydrogens (tertiary/aromatic N) is 2. The number of rotatable bonds is 6. The number of carbonyl (C=O) groups is 3.